The lowest BCUT2D eigenvalue weighted by molar-refractivity contribution is 0.0128. The van der Waals surface area contributed by atoms with Gasteiger partial charge in [0.1, 0.15) is 0 Å². The van der Waals surface area contributed by atoms with Crippen molar-refractivity contribution >= 4 is 0 Å². The molecule has 1 unspecified atom stereocenters. The van der Waals surface area contributed by atoms with E-state index in [1.807, 2.05) is 0 Å². The van der Waals surface area contributed by atoms with Crippen LogP contribution < -0.4 is 5.32 Å². The largest absolute Gasteiger partial charge is 0.379 e. The molecule has 92 valence electrons. The van der Waals surface area contributed by atoms with Crippen molar-refractivity contribution in [3.05, 3.63) is 0 Å². The fraction of sp³-hybridized carbons (Fsp3) is 1.00. The van der Waals surface area contributed by atoms with Gasteiger partial charge < -0.3 is 14.8 Å². The van der Waals surface area contributed by atoms with Crippen LogP contribution >= 0.6 is 0 Å². The second-order valence-electron chi connectivity index (χ2n) is 4.35. The highest BCUT2D eigenvalue weighted by Gasteiger charge is 2.01. The minimum absolute atomic E-state index is 0.272. The second kappa shape index (κ2) is 10.4. The van der Waals surface area contributed by atoms with Gasteiger partial charge in [0.2, 0.25) is 0 Å². The molecule has 3 heteroatoms. The van der Waals surface area contributed by atoms with Gasteiger partial charge in [-0.1, -0.05) is 20.8 Å². The Balaban J connectivity index is 3.15. The van der Waals surface area contributed by atoms with Gasteiger partial charge in [0.25, 0.3) is 0 Å². The molecule has 0 saturated heterocycles. The van der Waals surface area contributed by atoms with Gasteiger partial charge in [-0.15, -0.1) is 0 Å². The van der Waals surface area contributed by atoms with E-state index >= 15 is 0 Å². The fourth-order valence-electron chi connectivity index (χ4n) is 1.19. The topological polar surface area (TPSA) is 30.5 Å². The summed E-state index contributed by atoms with van der Waals surface area (Å²) in [6.45, 7) is 12.8. The van der Waals surface area contributed by atoms with Gasteiger partial charge in [0.05, 0.1) is 19.3 Å². The highest BCUT2D eigenvalue weighted by Crippen LogP contribution is 1.92. The zero-order valence-corrected chi connectivity index (χ0v) is 10.7. The Bertz CT molecular complexity index is 129. The summed E-state index contributed by atoms with van der Waals surface area (Å²) in [5.41, 5.74) is 0. The van der Waals surface area contributed by atoms with Crippen molar-refractivity contribution in [1.29, 1.82) is 0 Å². The lowest BCUT2D eigenvalue weighted by Crippen LogP contribution is -2.30. The first kappa shape index (κ1) is 14.9. The van der Waals surface area contributed by atoms with Crippen molar-refractivity contribution < 1.29 is 9.47 Å². The average Bonchev–Trinajstić information content (AvgIpc) is 2.17. The fourth-order valence-corrected chi connectivity index (χ4v) is 1.19. The van der Waals surface area contributed by atoms with E-state index in [-0.39, 0.29) is 6.10 Å². The van der Waals surface area contributed by atoms with Crippen LogP contribution in [-0.4, -0.2) is 39.0 Å². The van der Waals surface area contributed by atoms with Crippen molar-refractivity contribution in [3.63, 3.8) is 0 Å². The van der Waals surface area contributed by atoms with Crippen LogP contribution in [0, 0.1) is 5.92 Å². The van der Waals surface area contributed by atoms with Crippen molar-refractivity contribution in [1.82, 2.24) is 5.32 Å². The normalized spacial score (nSPS) is 13.4. The summed E-state index contributed by atoms with van der Waals surface area (Å²) in [4.78, 5) is 0. The third-order valence-corrected chi connectivity index (χ3v) is 1.96. The lowest BCUT2D eigenvalue weighted by Gasteiger charge is -2.15. The molecule has 0 aliphatic carbocycles. The molecule has 3 nitrogen and oxygen atoms in total. The maximum absolute atomic E-state index is 5.58. The Morgan fingerprint density at radius 2 is 1.73 bits per heavy atom. The zero-order chi connectivity index (χ0) is 11.5. The summed E-state index contributed by atoms with van der Waals surface area (Å²) < 4.78 is 10.9. The van der Waals surface area contributed by atoms with Gasteiger partial charge in [0, 0.05) is 13.2 Å². The molecule has 0 saturated carbocycles. The van der Waals surface area contributed by atoms with Crippen LogP contribution in [0.1, 0.15) is 34.1 Å². The molecule has 0 aromatic carbocycles. The van der Waals surface area contributed by atoms with Gasteiger partial charge in [-0.3, -0.25) is 0 Å². The summed E-state index contributed by atoms with van der Waals surface area (Å²) in [6, 6.07) is 0. The van der Waals surface area contributed by atoms with E-state index in [9.17, 15) is 0 Å². The van der Waals surface area contributed by atoms with E-state index in [2.05, 4.69) is 33.0 Å². The van der Waals surface area contributed by atoms with Crippen LogP contribution in [0.3, 0.4) is 0 Å². The Morgan fingerprint density at radius 1 is 1.00 bits per heavy atom. The molecule has 0 heterocycles. The molecule has 0 fully saturated rings. The van der Waals surface area contributed by atoms with E-state index < -0.39 is 0 Å². The number of hydrogen-bond donors (Lipinski definition) is 1. The summed E-state index contributed by atoms with van der Waals surface area (Å²) in [6.07, 6.45) is 1.35. The van der Waals surface area contributed by atoms with Gasteiger partial charge in [0.15, 0.2) is 0 Å². The van der Waals surface area contributed by atoms with E-state index in [0.717, 1.165) is 26.1 Å². The van der Waals surface area contributed by atoms with Gasteiger partial charge in [-0.25, -0.2) is 0 Å². The van der Waals surface area contributed by atoms with Crippen LogP contribution in [0.4, 0.5) is 0 Å². The monoisotopic (exact) mass is 217 g/mol. The third kappa shape index (κ3) is 11.8. The smallest absolute Gasteiger partial charge is 0.0704 e. The summed E-state index contributed by atoms with van der Waals surface area (Å²) >= 11 is 0. The molecule has 1 atom stereocenters. The molecule has 0 aromatic heterocycles. The maximum atomic E-state index is 5.58. The Kier molecular flexibility index (Phi) is 10.3. The second-order valence-corrected chi connectivity index (χ2v) is 4.35. The van der Waals surface area contributed by atoms with Crippen molar-refractivity contribution in [2.45, 2.75) is 40.2 Å². The molecule has 0 bridgehead atoms. The molecule has 0 aliphatic heterocycles. The molecule has 0 aromatic rings. The van der Waals surface area contributed by atoms with Crippen molar-refractivity contribution in [2.24, 2.45) is 5.92 Å². The van der Waals surface area contributed by atoms with Crippen LogP contribution in [-0.2, 0) is 9.47 Å². The van der Waals surface area contributed by atoms with E-state index in [1.54, 1.807) is 0 Å². The first-order valence-electron chi connectivity index (χ1n) is 6.06. The molecular weight excluding hydrogens is 190 g/mol. The first-order valence-corrected chi connectivity index (χ1v) is 6.06. The van der Waals surface area contributed by atoms with E-state index in [0.29, 0.717) is 19.1 Å². The van der Waals surface area contributed by atoms with Crippen molar-refractivity contribution in [2.75, 3.05) is 32.9 Å². The summed E-state index contributed by atoms with van der Waals surface area (Å²) in [5.74, 6) is 0.699. The molecule has 0 aliphatic rings. The van der Waals surface area contributed by atoms with E-state index in [4.69, 9.17) is 9.47 Å². The maximum Gasteiger partial charge on any atom is 0.0704 e. The molecule has 0 radical (unpaired) electrons. The highest BCUT2D eigenvalue weighted by atomic mass is 16.5. The van der Waals surface area contributed by atoms with E-state index in [1.165, 1.54) is 0 Å². The Morgan fingerprint density at radius 3 is 2.33 bits per heavy atom. The van der Waals surface area contributed by atoms with Crippen molar-refractivity contribution in [3.8, 4) is 0 Å². The predicted molar refractivity (Wildman–Crippen MR) is 64.2 cm³/mol. The number of hydrogen-bond acceptors (Lipinski definition) is 3. The predicted octanol–water partition coefficient (Wildman–Crippen LogP) is 2.06. The number of ether oxygens (including phenoxy) is 2. The van der Waals surface area contributed by atoms with Crippen LogP contribution in [0.5, 0.6) is 0 Å². The van der Waals surface area contributed by atoms with Gasteiger partial charge in [-0.05, 0) is 25.8 Å². The minimum atomic E-state index is 0.272. The standard InChI is InChI=1S/C12H27NO2/c1-5-6-14-7-8-15-12(4)10-13-9-11(2)3/h11-13H,5-10H2,1-4H3. The SMILES string of the molecule is CCCOCCOC(C)CNCC(C)C. The summed E-state index contributed by atoms with van der Waals surface area (Å²) in [5, 5.41) is 3.37. The molecule has 15 heavy (non-hydrogen) atoms. The van der Waals surface area contributed by atoms with Gasteiger partial charge >= 0.3 is 0 Å². The Hall–Kier alpha value is -0.120. The van der Waals surface area contributed by atoms with Crippen LogP contribution in [0.25, 0.3) is 0 Å². The molecule has 0 rings (SSSR count). The minimum Gasteiger partial charge on any atom is -0.379 e. The lowest BCUT2D eigenvalue weighted by atomic mass is 10.2. The number of nitrogens with one attached hydrogen (secondary N) is 1. The first-order chi connectivity index (χ1) is 7.16. The number of rotatable bonds is 10. The zero-order valence-electron chi connectivity index (χ0n) is 10.7. The quantitative estimate of drug-likeness (QED) is 0.568. The molecule has 0 spiro atoms. The summed E-state index contributed by atoms with van der Waals surface area (Å²) in [7, 11) is 0. The highest BCUT2D eigenvalue weighted by molar-refractivity contribution is 4.57. The van der Waals surface area contributed by atoms with Crippen LogP contribution in [0.2, 0.25) is 0 Å². The molecule has 1 N–H and O–H groups in total. The molecular formula is C12H27NO2. The average molecular weight is 217 g/mol. The van der Waals surface area contributed by atoms with Gasteiger partial charge in [-0.2, -0.15) is 0 Å². The van der Waals surface area contributed by atoms with Crippen LogP contribution in [0.15, 0.2) is 0 Å². The Labute approximate surface area is 94.5 Å². The molecule has 0 amide bonds. The third-order valence-electron chi connectivity index (χ3n) is 1.96.